The van der Waals surface area contributed by atoms with Crippen molar-refractivity contribution in [2.45, 2.75) is 30.4 Å². The number of aromatic hydroxyl groups is 1. The number of ether oxygens (including phenoxy) is 1. The minimum absolute atomic E-state index is 0.116. The summed E-state index contributed by atoms with van der Waals surface area (Å²) in [4.78, 5) is 42.7. The number of carbonyl (C=O) groups is 3. The van der Waals surface area contributed by atoms with Crippen molar-refractivity contribution in [2.75, 3.05) is 0 Å². The summed E-state index contributed by atoms with van der Waals surface area (Å²) in [5.41, 5.74) is 10.3. The van der Waals surface area contributed by atoms with Crippen molar-refractivity contribution < 1.29 is 24.2 Å². The van der Waals surface area contributed by atoms with Crippen LogP contribution in [0, 0.1) is 5.92 Å². The summed E-state index contributed by atoms with van der Waals surface area (Å²) in [7, 11) is 0. The third kappa shape index (κ3) is 5.79. The van der Waals surface area contributed by atoms with Gasteiger partial charge in [0.2, 0.25) is 5.91 Å². The number of carbonyl (C=O) groups excluding carboxylic acids is 3. The number of phenols is 1. The fraction of sp³-hybridized carbons (Fsp3) is 0.171. The lowest BCUT2D eigenvalue weighted by Gasteiger charge is -2.52. The van der Waals surface area contributed by atoms with Gasteiger partial charge in [0.1, 0.15) is 17.0 Å². The molecule has 0 aromatic heterocycles. The summed E-state index contributed by atoms with van der Waals surface area (Å²) < 4.78 is 6.23. The molecular formula is C35H30N2O5S. The van der Waals surface area contributed by atoms with Crippen LogP contribution in [-0.2, 0) is 32.0 Å². The molecule has 6 rings (SSSR count). The van der Waals surface area contributed by atoms with Crippen LogP contribution in [0.15, 0.2) is 126 Å². The number of Topliss-reactive ketones (excluding diaryl/α,β-unsaturated/α-hetero) is 1. The fourth-order valence-electron chi connectivity index (χ4n) is 5.64. The molecule has 0 radical (unpaired) electrons. The highest BCUT2D eigenvalue weighted by molar-refractivity contribution is 8.03. The molecule has 4 aromatic carbocycles. The largest absolute Gasteiger partial charge is 0.508 e. The Bertz CT molecular complexity index is 1620. The lowest BCUT2D eigenvalue weighted by Crippen LogP contribution is -2.69. The van der Waals surface area contributed by atoms with E-state index in [9.17, 15) is 19.5 Å². The molecule has 2 aliphatic heterocycles. The summed E-state index contributed by atoms with van der Waals surface area (Å²) in [6, 6.07) is 33.6. The van der Waals surface area contributed by atoms with Gasteiger partial charge in [-0.25, -0.2) is 4.79 Å². The van der Waals surface area contributed by atoms with Crippen LogP contribution in [0.2, 0.25) is 0 Å². The average molecular weight is 591 g/mol. The number of hydrogen-bond donors (Lipinski definition) is 2. The van der Waals surface area contributed by atoms with Gasteiger partial charge in [-0.2, -0.15) is 0 Å². The number of phenolic OH excluding ortho intramolecular Hbond substituents is 1. The van der Waals surface area contributed by atoms with Crippen LogP contribution in [0.4, 0.5) is 0 Å². The maximum absolute atomic E-state index is 14.2. The molecule has 3 N–H and O–H groups in total. The van der Waals surface area contributed by atoms with Gasteiger partial charge >= 0.3 is 5.97 Å². The van der Waals surface area contributed by atoms with Gasteiger partial charge in [-0.1, -0.05) is 115 Å². The molecule has 1 fully saturated rings. The number of ketones is 1. The van der Waals surface area contributed by atoms with E-state index in [0.29, 0.717) is 10.6 Å². The molecule has 8 heteroatoms. The zero-order valence-corrected chi connectivity index (χ0v) is 24.0. The smallest absolute Gasteiger partial charge is 0.334 e. The minimum atomic E-state index is -1.11. The van der Waals surface area contributed by atoms with Gasteiger partial charge in [-0.3, -0.25) is 9.59 Å². The number of rotatable bonds is 9. The minimum Gasteiger partial charge on any atom is -0.508 e. The van der Waals surface area contributed by atoms with Gasteiger partial charge in [0.15, 0.2) is 17.9 Å². The highest BCUT2D eigenvalue weighted by Gasteiger charge is 2.59. The maximum Gasteiger partial charge on any atom is 0.334 e. The first-order valence-corrected chi connectivity index (χ1v) is 14.9. The second-order valence-electron chi connectivity index (χ2n) is 10.6. The third-order valence-electron chi connectivity index (χ3n) is 7.81. The number of β-lactam (4-membered cyclic amide) rings is 1. The predicted octanol–water partition coefficient (Wildman–Crippen LogP) is 5.15. The number of hydrogen-bond acceptors (Lipinski definition) is 7. The predicted molar refractivity (Wildman–Crippen MR) is 164 cm³/mol. The average Bonchev–Trinajstić information content (AvgIpc) is 3.03. The summed E-state index contributed by atoms with van der Waals surface area (Å²) >= 11 is 1.23. The topological polar surface area (TPSA) is 110 Å². The summed E-state index contributed by atoms with van der Waals surface area (Å²) in [6.45, 7) is 0. The van der Waals surface area contributed by atoms with Gasteiger partial charge in [0, 0.05) is 6.42 Å². The van der Waals surface area contributed by atoms with E-state index < -0.39 is 35.3 Å². The van der Waals surface area contributed by atoms with Crippen molar-refractivity contribution in [1.82, 2.24) is 4.90 Å². The Kier molecular flexibility index (Phi) is 8.03. The first-order chi connectivity index (χ1) is 20.9. The third-order valence-corrected chi connectivity index (χ3v) is 9.07. The zero-order chi connectivity index (χ0) is 29.9. The van der Waals surface area contributed by atoms with Crippen LogP contribution in [0.3, 0.4) is 0 Å². The van der Waals surface area contributed by atoms with E-state index in [1.54, 1.807) is 24.3 Å². The molecule has 4 aromatic rings. The number of nitrogens with zero attached hydrogens (tertiary/aromatic N) is 1. The molecule has 2 heterocycles. The lowest BCUT2D eigenvalue weighted by molar-refractivity contribution is -0.169. The van der Waals surface area contributed by atoms with Gasteiger partial charge in [0.05, 0.1) is 5.03 Å². The van der Waals surface area contributed by atoms with Gasteiger partial charge in [-0.15, -0.1) is 0 Å². The van der Waals surface area contributed by atoms with Crippen LogP contribution in [-0.4, -0.2) is 39.1 Å². The maximum atomic E-state index is 14.2. The lowest BCUT2D eigenvalue weighted by atomic mass is 9.85. The van der Waals surface area contributed by atoms with Crippen LogP contribution < -0.4 is 5.73 Å². The fourth-order valence-corrected chi connectivity index (χ4v) is 6.97. The number of esters is 1. The molecule has 0 saturated carbocycles. The van der Waals surface area contributed by atoms with Crippen molar-refractivity contribution in [3.63, 3.8) is 0 Å². The SMILES string of the molecule is NC1=C(Cc2ccc(O)cc2)C(C(=O)OC(c2ccccc2)c2ccccc2)N2C(=O)[C@@H](C(=O)Cc3ccccc3)[C@H]2S1. The molecule has 43 heavy (non-hydrogen) atoms. The summed E-state index contributed by atoms with van der Waals surface area (Å²) in [5.74, 6) is -2.04. The van der Waals surface area contributed by atoms with Crippen LogP contribution >= 0.6 is 11.8 Å². The van der Waals surface area contributed by atoms with Crippen molar-refractivity contribution in [1.29, 1.82) is 0 Å². The van der Waals surface area contributed by atoms with Gasteiger partial charge < -0.3 is 20.5 Å². The molecule has 3 atom stereocenters. The van der Waals surface area contributed by atoms with E-state index in [-0.39, 0.29) is 24.4 Å². The normalized spacial score (nSPS) is 19.5. The summed E-state index contributed by atoms with van der Waals surface area (Å²) in [5, 5.41) is 9.55. The molecule has 1 saturated heterocycles. The van der Waals surface area contributed by atoms with E-state index in [4.69, 9.17) is 10.5 Å². The number of thioether (sulfide) groups is 1. The van der Waals surface area contributed by atoms with E-state index in [1.807, 2.05) is 91.0 Å². The van der Waals surface area contributed by atoms with E-state index in [0.717, 1.165) is 22.3 Å². The molecule has 0 spiro atoms. The molecular weight excluding hydrogens is 560 g/mol. The molecule has 1 unspecified atom stereocenters. The highest BCUT2D eigenvalue weighted by atomic mass is 32.2. The van der Waals surface area contributed by atoms with Crippen LogP contribution in [0.1, 0.15) is 28.4 Å². The molecule has 216 valence electrons. The first kappa shape index (κ1) is 28.3. The Morgan fingerprint density at radius 2 is 1.37 bits per heavy atom. The van der Waals surface area contributed by atoms with Crippen molar-refractivity contribution in [2.24, 2.45) is 11.7 Å². The number of benzene rings is 4. The van der Waals surface area contributed by atoms with E-state index in [1.165, 1.54) is 16.7 Å². The number of nitrogens with two attached hydrogens (primary N) is 1. The standard InChI is InChI=1S/C35H30N2O5S/c36-32-27(20-23-16-18-26(38)19-17-23)30(35(41)42-31(24-12-6-2-7-13-24)25-14-8-3-9-15-25)37-33(40)29(34(37)43-32)28(39)21-22-10-4-1-5-11-22/h1-19,29-31,34,38H,20-21,36H2/t29-,30?,34-/m1/s1. The van der Waals surface area contributed by atoms with Gasteiger partial charge in [0.25, 0.3) is 0 Å². The summed E-state index contributed by atoms with van der Waals surface area (Å²) in [6.07, 6.45) is -0.337. The van der Waals surface area contributed by atoms with E-state index in [2.05, 4.69) is 0 Å². The Morgan fingerprint density at radius 1 is 0.814 bits per heavy atom. The second-order valence-corrected chi connectivity index (χ2v) is 11.8. The molecule has 0 aliphatic carbocycles. The Hall–Kier alpha value is -4.82. The van der Waals surface area contributed by atoms with Crippen molar-refractivity contribution >= 4 is 29.4 Å². The Labute approximate surface area is 254 Å². The van der Waals surface area contributed by atoms with Crippen molar-refractivity contribution in [3.8, 4) is 5.75 Å². The molecule has 7 nitrogen and oxygen atoms in total. The highest BCUT2D eigenvalue weighted by Crippen LogP contribution is 2.47. The molecule has 1 amide bonds. The quantitative estimate of drug-likeness (QED) is 0.158. The number of fused-ring (bicyclic) bond motifs is 1. The van der Waals surface area contributed by atoms with Crippen LogP contribution in [0.25, 0.3) is 0 Å². The molecule has 0 bridgehead atoms. The molecule has 2 aliphatic rings. The van der Waals surface area contributed by atoms with Crippen LogP contribution in [0.5, 0.6) is 5.75 Å². The zero-order valence-electron chi connectivity index (χ0n) is 23.2. The first-order valence-electron chi connectivity index (χ1n) is 14.0. The Morgan fingerprint density at radius 3 is 1.95 bits per heavy atom. The second kappa shape index (κ2) is 12.2. The van der Waals surface area contributed by atoms with Crippen molar-refractivity contribution in [3.05, 3.63) is 148 Å². The number of amides is 1. The van der Waals surface area contributed by atoms with Gasteiger partial charge in [-0.05, 0) is 46.4 Å². The van der Waals surface area contributed by atoms with E-state index >= 15 is 0 Å². The Balaban J connectivity index is 1.34. The monoisotopic (exact) mass is 590 g/mol.